The van der Waals surface area contributed by atoms with Crippen LogP contribution >= 0.6 is 23.2 Å². The maximum Gasteiger partial charge on any atom is 0.460 e. The van der Waals surface area contributed by atoms with E-state index in [0.29, 0.717) is 4.73 Å². The quantitative estimate of drug-likeness (QED) is 0.459. The summed E-state index contributed by atoms with van der Waals surface area (Å²) in [6.45, 7) is 0. The van der Waals surface area contributed by atoms with Crippen molar-refractivity contribution in [2.75, 3.05) is 0 Å². The highest BCUT2D eigenvalue weighted by Crippen LogP contribution is 2.26. The van der Waals surface area contributed by atoms with E-state index in [1.807, 2.05) is 0 Å². The van der Waals surface area contributed by atoms with Crippen molar-refractivity contribution in [3.8, 4) is 6.07 Å². The van der Waals surface area contributed by atoms with E-state index in [1.54, 1.807) is 6.07 Å². The minimum Gasteiger partial charge on any atom is -0.617 e. The minimum atomic E-state index is -0.921. The fraction of sp³-hybridized carbons (Fsp3) is 0. The molecule has 0 bridgehead atoms. The first-order chi connectivity index (χ1) is 9.02. The molecule has 94 valence electrons. The van der Waals surface area contributed by atoms with E-state index in [2.05, 4.69) is 4.98 Å². The number of aromatic nitrogens is 3. The summed E-state index contributed by atoms with van der Waals surface area (Å²) in [5, 5.41) is 21.3. The van der Waals surface area contributed by atoms with Crippen molar-refractivity contribution in [1.82, 2.24) is 9.56 Å². The van der Waals surface area contributed by atoms with Crippen molar-refractivity contribution in [3.63, 3.8) is 0 Å². The highest BCUT2D eigenvalue weighted by molar-refractivity contribution is 6.42. The molecule has 0 saturated heterocycles. The van der Waals surface area contributed by atoms with Crippen molar-refractivity contribution >= 4 is 39.9 Å². The number of fused-ring (bicyclic) bond motifs is 3. The minimum absolute atomic E-state index is 0.0413. The van der Waals surface area contributed by atoms with Gasteiger partial charge in [-0.05, 0) is 6.07 Å². The lowest BCUT2D eigenvalue weighted by atomic mass is 10.3. The van der Waals surface area contributed by atoms with E-state index in [1.165, 1.54) is 12.1 Å². The van der Waals surface area contributed by atoms with Crippen LogP contribution in [0.15, 0.2) is 21.5 Å². The molecule has 9 heteroatoms. The standard InChI is InChI=1S/C10H2Cl2N4O3/c11-4-1-6-7(2-5(4)12)16-9(14-10(17)19-16)8(3-13)15(6)18/h1-2H. The van der Waals surface area contributed by atoms with Crippen molar-refractivity contribution < 1.29 is 9.25 Å². The SMILES string of the molecule is N#Cc1c2nc(=O)on2c2cc(Cl)c(Cl)cc2[n+]1[O-]. The van der Waals surface area contributed by atoms with Gasteiger partial charge in [-0.1, -0.05) is 23.2 Å². The van der Waals surface area contributed by atoms with Crippen LogP contribution in [0.5, 0.6) is 0 Å². The molecule has 0 fully saturated rings. The van der Waals surface area contributed by atoms with Gasteiger partial charge in [-0.15, -0.1) is 9.56 Å². The average Bonchev–Trinajstić information content (AvgIpc) is 2.74. The highest BCUT2D eigenvalue weighted by Gasteiger charge is 2.23. The summed E-state index contributed by atoms with van der Waals surface area (Å²) in [5.74, 6) is -0.921. The third-order valence-electron chi connectivity index (χ3n) is 2.53. The second kappa shape index (κ2) is 3.85. The lowest BCUT2D eigenvalue weighted by molar-refractivity contribution is -0.579. The number of hydrogen-bond acceptors (Lipinski definition) is 5. The number of hydrogen-bond donors (Lipinski definition) is 0. The number of benzene rings is 1. The molecule has 1 aromatic carbocycles. The Hall–Kier alpha value is -2.30. The molecule has 3 aromatic rings. The molecule has 0 aliphatic rings. The van der Waals surface area contributed by atoms with E-state index in [4.69, 9.17) is 33.0 Å². The maximum atomic E-state index is 12.0. The van der Waals surface area contributed by atoms with Crippen LogP contribution in [-0.4, -0.2) is 9.56 Å². The van der Waals surface area contributed by atoms with Gasteiger partial charge in [0, 0.05) is 6.07 Å². The zero-order chi connectivity index (χ0) is 13.7. The van der Waals surface area contributed by atoms with Crippen molar-refractivity contribution in [2.24, 2.45) is 0 Å². The Morgan fingerprint density at radius 3 is 2.79 bits per heavy atom. The van der Waals surface area contributed by atoms with Crippen LogP contribution in [0.3, 0.4) is 0 Å². The second-order valence-corrected chi connectivity index (χ2v) is 4.41. The lowest BCUT2D eigenvalue weighted by Gasteiger charge is -2.05. The van der Waals surface area contributed by atoms with E-state index in [0.717, 1.165) is 4.57 Å². The average molecular weight is 297 g/mol. The molecule has 0 aliphatic carbocycles. The van der Waals surface area contributed by atoms with Gasteiger partial charge < -0.3 is 9.73 Å². The van der Waals surface area contributed by atoms with Gasteiger partial charge in [0.05, 0.1) is 10.0 Å². The van der Waals surface area contributed by atoms with Crippen molar-refractivity contribution in [3.05, 3.63) is 43.6 Å². The predicted octanol–water partition coefficient (Wildman–Crippen LogP) is 1.25. The Balaban J connectivity index is 2.70. The fourth-order valence-corrected chi connectivity index (χ4v) is 2.06. The smallest absolute Gasteiger partial charge is 0.460 e. The zero-order valence-electron chi connectivity index (χ0n) is 8.92. The molecule has 3 rings (SSSR count). The van der Waals surface area contributed by atoms with Gasteiger partial charge in [-0.3, -0.25) is 0 Å². The molecule has 0 spiro atoms. The number of rotatable bonds is 0. The first-order valence-corrected chi connectivity index (χ1v) is 5.63. The number of halogens is 2. The Bertz CT molecular complexity index is 938. The summed E-state index contributed by atoms with van der Waals surface area (Å²) in [4.78, 5) is 14.7. The van der Waals surface area contributed by atoms with E-state index in [9.17, 15) is 10.0 Å². The topological polar surface area (TPSA) is 98.2 Å². The molecule has 2 heterocycles. The van der Waals surface area contributed by atoms with Gasteiger partial charge in [-0.2, -0.15) is 9.99 Å². The molecule has 0 aliphatic heterocycles. The van der Waals surface area contributed by atoms with Gasteiger partial charge >= 0.3 is 11.4 Å². The van der Waals surface area contributed by atoms with Crippen LogP contribution in [-0.2, 0) is 0 Å². The van der Waals surface area contributed by atoms with Gasteiger partial charge in [0.1, 0.15) is 0 Å². The van der Waals surface area contributed by atoms with Gasteiger partial charge in [0.2, 0.25) is 5.52 Å². The van der Waals surface area contributed by atoms with Crippen LogP contribution in [0.25, 0.3) is 16.7 Å². The molecule has 0 atom stereocenters. The monoisotopic (exact) mass is 296 g/mol. The molecule has 7 nitrogen and oxygen atoms in total. The lowest BCUT2D eigenvalue weighted by Crippen LogP contribution is -2.33. The molecule has 0 unspecified atom stereocenters. The van der Waals surface area contributed by atoms with Crippen LogP contribution in [0.1, 0.15) is 5.69 Å². The molecule has 0 saturated carbocycles. The predicted molar refractivity (Wildman–Crippen MR) is 64.9 cm³/mol. The van der Waals surface area contributed by atoms with Gasteiger partial charge in [0.25, 0.3) is 5.65 Å². The van der Waals surface area contributed by atoms with E-state index in [-0.39, 0.29) is 32.4 Å². The molecule has 0 radical (unpaired) electrons. The van der Waals surface area contributed by atoms with E-state index >= 15 is 0 Å². The number of nitriles is 1. The van der Waals surface area contributed by atoms with Crippen LogP contribution in [0, 0.1) is 16.5 Å². The molecule has 2 aromatic heterocycles. The summed E-state index contributed by atoms with van der Waals surface area (Å²) < 4.78 is 6.13. The van der Waals surface area contributed by atoms with Crippen LogP contribution < -0.4 is 10.5 Å². The van der Waals surface area contributed by atoms with Gasteiger partial charge in [0.15, 0.2) is 11.6 Å². The molecular weight excluding hydrogens is 295 g/mol. The van der Waals surface area contributed by atoms with Crippen molar-refractivity contribution in [2.45, 2.75) is 0 Å². The van der Waals surface area contributed by atoms with Crippen LogP contribution in [0.2, 0.25) is 10.0 Å². The second-order valence-electron chi connectivity index (χ2n) is 3.60. The third kappa shape index (κ3) is 1.54. The zero-order valence-corrected chi connectivity index (χ0v) is 10.4. The first kappa shape index (κ1) is 11.8. The van der Waals surface area contributed by atoms with Crippen molar-refractivity contribution in [1.29, 1.82) is 5.26 Å². The molecule has 0 N–H and O–H groups in total. The summed E-state index contributed by atoms with van der Waals surface area (Å²) >= 11 is 11.7. The highest BCUT2D eigenvalue weighted by atomic mass is 35.5. The maximum absolute atomic E-state index is 12.0. The Morgan fingerprint density at radius 2 is 2.11 bits per heavy atom. The van der Waals surface area contributed by atoms with Crippen LogP contribution in [0.4, 0.5) is 0 Å². The Morgan fingerprint density at radius 1 is 1.42 bits per heavy atom. The summed E-state index contributed by atoms with van der Waals surface area (Å²) in [7, 11) is 0. The molecule has 19 heavy (non-hydrogen) atoms. The summed E-state index contributed by atoms with van der Waals surface area (Å²) in [6, 6.07) is 4.31. The normalized spacial score (nSPS) is 11.0. The first-order valence-electron chi connectivity index (χ1n) is 4.87. The van der Waals surface area contributed by atoms with E-state index < -0.39 is 5.76 Å². The Labute approximate surface area is 114 Å². The third-order valence-corrected chi connectivity index (χ3v) is 3.26. The Kier molecular flexibility index (Phi) is 2.38. The summed E-state index contributed by atoms with van der Waals surface area (Å²) in [5.41, 5.74) is -0.308. The fourth-order valence-electron chi connectivity index (χ4n) is 1.74. The number of nitrogens with zero attached hydrogens (tertiary/aromatic N) is 4. The summed E-state index contributed by atoms with van der Waals surface area (Å²) in [6.07, 6.45) is 0. The molecular formula is C10H2Cl2N4O3. The van der Waals surface area contributed by atoms with Gasteiger partial charge in [-0.25, -0.2) is 4.79 Å². The molecule has 0 amide bonds. The largest absolute Gasteiger partial charge is 0.617 e.